The predicted molar refractivity (Wildman–Crippen MR) is 121 cm³/mol. The van der Waals surface area contributed by atoms with Gasteiger partial charge in [0, 0.05) is 18.1 Å². The molecule has 8 nitrogen and oxygen atoms in total. The van der Waals surface area contributed by atoms with E-state index in [9.17, 15) is 18.0 Å². The van der Waals surface area contributed by atoms with E-state index in [0.717, 1.165) is 9.87 Å². The number of ether oxygens (including phenoxy) is 2. The highest BCUT2D eigenvalue weighted by atomic mass is 35.5. The summed E-state index contributed by atoms with van der Waals surface area (Å²) in [6.45, 7) is 3.59. The zero-order chi connectivity index (χ0) is 23.7. The van der Waals surface area contributed by atoms with Crippen LogP contribution in [0, 0.1) is 5.92 Å². The third kappa shape index (κ3) is 7.81. The van der Waals surface area contributed by atoms with Crippen LogP contribution in [0.5, 0.6) is 5.75 Å². The second-order valence-corrected chi connectivity index (χ2v) is 9.81. The van der Waals surface area contributed by atoms with Crippen molar-refractivity contribution in [2.24, 2.45) is 5.92 Å². The topological polar surface area (TPSA) is 102 Å². The van der Waals surface area contributed by atoms with Crippen molar-refractivity contribution in [2.45, 2.75) is 25.3 Å². The molecule has 2 aromatic carbocycles. The maximum Gasteiger partial charge on any atom is 0.321 e. The Labute approximate surface area is 193 Å². The van der Waals surface area contributed by atoms with Crippen LogP contribution in [0.2, 0.25) is 5.02 Å². The van der Waals surface area contributed by atoms with Gasteiger partial charge in [-0.05, 0) is 47.9 Å². The zero-order valence-electron chi connectivity index (χ0n) is 18.2. The molecule has 0 saturated carbocycles. The van der Waals surface area contributed by atoms with Gasteiger partial charge in [0.15, 0.2) is 6.61 Å². The molecule has 0 aliphatic heterocycles. The molecule has 0 saturated heterocycles. The average molecular weight is 483 g/mol. The fraction of sp³-hybridized carbons (Fsp3) is 0.364. The fourth-order valence-electron chi connectivity index (χ4n) is 2.77. The molecule has 2 rings (SSSR count). The van der Waals surface area contributed by atoms with Crippen molar-refractivity contribution in [3.05, 3.63) is 59.1 Å². The van der Waals surface area contributed by atoms with Crippen molar-refractivity contribution in [1.29, 1.82) is 0 Å². The molecule has 174 valence electrons. The zero-order valence-corrected chi connectivity index (χ0v) is 19.8. The summed E-state index contributed by atoms with van der Waals surface area (Å²) in [4.78, 5) is 23.7. The molecule has 0 bridgehead atoms. The highest BCUT2D eigenvalue weighted by molar-refractivity contribution is 7.89. The van der Waals surface area contributed by atoms with Gasteiger partial charge in [0.1, 0.15) is 12.3 Å². The van der Waals surface area contributed by atoms with Crippen LogP contribution in [0.3, 0.4) is 0 Å². The van der Waals surface area contributed by atoms with E-state index in [4.69, 9.17) is 16.3 Å². The van der Waals surface area contributed by atoms with Crippen molar-refractivity contribution in [3.8, 4) is 5.75 Å². The molecular weight excluding hydrogens is 456 g/mol. The Balaban J connectivity index is 1.97. The van der Waals surface area contributed by atoms with Gasteiger partial charge in [0.2, 0.25) is 10.0 Å². The minimum absolute atomic E-state index is 0.0137. The summed E-state index contributed by atoms with van der Waals surface area (Å²) < 4.78 is 37.0. The van der Waals surface area contributed by atoms with E-state index in [2.05, 4.69) is 10.1 Å². The van der Waals surface area contributed by atoms with Gasteiger partial charge in [0.25, 0.3) is 5.91 Å². The van der Waals surface area contributed by atoms with Crippen molar-refractivity contribution in [3.63, 3.8) is 0 Å². The molecule has 32 heavy (non-hydrogen) atoms. The minimum atomic E-state index is -3.91. The highest BCUT2D eigenvalue weighted by Crippen LogP contribution is 2.21. The largest absolute Gasteiger partial charge is 0.484 e. The van der Waals surface area contributed by atoms with Gasteiger partial charge < -0.3 is 14.8 Å². The molecule has 2 aromatic rings. The molecule has 0 heterocycles. The van der Waals surface area contributed by atoms with Crippen LogP contribution in [0.1, 0.15) is 19.4 Å². The second-order valence-electron chi connectivity index (χ2n) is 7.43. The molecule has 0 atom stereocenters. The van der Waals surface area contributed by atoms with Crippen LogP contribution < -0.4 is 10.1 Å². The number of carbonyl (C=O) groups is 2. The quantitative estimate of drug-likeness (QED) is 0.494. The molecule has 0 fully saturated rings. The summed E-state index contributed by atoms with van der Waals surface area (Å²) in [6, 6.07) is 12.8. The maximum absolute atomic E-state index is 12.9. The number of hydrogen-bond donors (Lipinski definition) is 1. The number of esters is 1. The lowest BCUT2D eigenvalue weighted by Gasteiger charge is -2.23. The molecule has 0 spiro atoms. The predicted octanol–water partition coefficient (Wildman–Crippen LogP) is 2.85. The van der Waals surface area contributed by atoms with E-state index in [1.165, 1.54) is 31.4 Å². The average Bonchev–Trinajstić information content (AvgIpc) is 2.75. The van der Waals surface area contributed by atoms with Crippen LogP contribution in [-0.4, -0.2) is 51.4 Å². The number of methoxy groups -OCH3 is 1. The second kappa shape index (κ2) is 11.8. The van der Waals surface area contributed by atoms with Gasteiger partial charge in [-0.15, -0.1) is 0 Å². The molecule has 0 radical (unpaired) electrons. The number of nitrogens with zero attached hydrogens (tertiary/aromatic N) is 1. The fourth-order valence-corrected chi connectivity index (χ4v) is 4.53. The van der Waals surface area contributed by atoms with E-state index < -0.39 is 16.0 Å². The minimum Gasteiger partial charge on any atom is -0.484 e. The lowest BCUT2D eigenvalue weighted by atomic mass is 10.2. The number of carbonyl (C=O) groups excluding carboxylic acids is 2. The van der Waals surface area contributed by atoms with E-state index in [1.54, 1.807) is 18.2 Å². The molecular formula is C22H27ClN2O6S. The SMILES string of the molecule is COC(=O)CN(CC(C)C)S(=O)(=O)c1ccc(OCC(=O)NCc2cccc(Cl)c2)cc1. The number of benzene rings is 2. The molecule has 1 N–H and O–H groups in total. The maximum atomic E-state index is 12.9. The third-order valence-electron chi connectivity index (χ3n) is 4.31. The van der Waals surface area contributed by atoms with Crippen LogP contribution in [0.25, 0.3) is 0 Å². The van der Waals surface area contributed by atoms with Crippen molar-refractivity contribution in [2.75, 3.05) is 26.8 Å². The lowest BCUT2D eigenvalue weighted by Crippen LogP contribution is -2.38. The molecule has 10 heteroatoms. The summed E-state index contributed by atoms with van der Waals surface area (Å²) in [5.41, 5.74) is 0.860. The number of halogens is 1. The normalized spacial score (nSPS) is 11.4. The van der Waals surface area contributed by atoms with Gasteiger partial charge in [-0.1, -0.05) is 37.6 Å². The Kier molecular flexibility index (Phi) is 9.49. The van der Waals surface area contributed by atoms with Gasteiger partial charge >= 0.3 is 5.97 Å². The Morgan fingerprint density at radius 1 is 1.12 bits per heavy atom. The summed E-state index contributed by atoms with van der Waals surface area (Å²) in [7, 11) is -2.70. The lowest BCUT2D eigenvalue weighted by molar-refractivity contribution is -0.140. The van der Waals surface area contributed by atoms with Crippen LogP contribution in [-0.2, 0) is 30.9 Å². The van der Waals surface area contributed by atoms with Gasteiger partial charge in [-0.25, -0.2) is 8.42 Å². The highest BCUT2D eigenvalue weighted by Gasteiger charge is 2.27. The van der Waals surface area contributed by atoms with E-state index in [0.29, 0.717) is 17.3 Å². The Morgan fingerprint density at radius 2 is 1.81 bits per heavy atom. The first-order valence-electron chi connectivity index (χ1n) is 9.92. The van der Waals surface area contributed by atoms with Crippen molar-refractivity contribution < 1.29 is 27.5 Å². The number of amides is 1. The summed E-state index contributed by atoms with van der Waals surface area (Å²) in [5.74, 6) is -0.617. The first kappa shape index (κ1) is 25.6. The molecule has 0 aromatic heterocycles. The van der Waals surface area contributed by atoms with Crippen LogP contribution in [0.4, 0.5) is 0 Å². The monoisotopic (exact) mass is 482 g/mol. The van der Waals surface area contributed by atoms with Crippen molar-refractivity contribution >= 4 is 33.5 Å². The first-order chi connectivity index (χ1) is 15.1. The molecule has 0 aliphatic carbocycles. The van der Waals surface area contributed by atoms with Crippen LogP contribution in [0.15, 0.2) is 53.4 Å². The van der Waals surface area contributed by atoms with Crippen LogP contribution >= 0.6 is 11.6 Å². The van der Waals surface area contributed by atoms with Gasteiger partial charge in [0.05, 0.1) is 12.0 Å². The van der Waals surface area contributed by atoms with E-state index in [-0.39, 0.29) is 36.4 Å². The molecule has 1 amide bonds. The summed E-state index contributed by atoms with van der Waals surface area (Å²) >= 11 is 5.92. The van der Waals surface area contributed by atoms with Gasteiger partial charge in [-0.2, -0.15) is 4.31 Å². The summed E-state index contributed by atoms with van der Waals surface area (Å²) in [6.07, 6.45) is 0. The first-order valence-corrected chi connectivity index (χ1v) is 11.7. The molecule has 0 aliphatic rings. The number of nitrogens with one attached hydrogen (secondary N) is 1. The Bertz CT molecular complexity index is 1020. The Hall–Kier alpha value is -2.62. The third-order valence-corrected chi connectivity index (χ3v) is 6.37. The molecule has 0 unspecified atom stereocenters. The number of hydrogen-bond acceptors (Lipinski definition) is 6. The van der Waals surface area contributed by atoms with E-state index in [1.807, 2.05) is 19.9 Å². The van der Waals surface area contributed by atoms with Crippen molar-refractivity contribution in [1.82, 2.24) is 9.62 Å². The van der Waals surface area contributed by atoms with E-state index >= 15 is 0 Å². The standard InChI is InChI=1S/C22H27ClN2O6S/c1-16(2)13-25(14-22(27)30-3)32(28,29)20-9-7-19(8-10-20)31-15-21(26)24-12-17-5-4-6-18(23)11-17/h4-11,16H,12-15H2,1-3H3,(H,24,26). The number of sulfonamides is 1. The summed E-state index contributed by atoms with van der Waals surface area (Å²) in [5, 5.41) is 3.30. The smallest absolute Gasteiger partial charge is 0.321 e. The van der Waals surface area contributed by atoms with Gasteiger partial charge in [-0.3, -0.25) is 9.59 Å². The number of rotatable bonds is 11. The Morgan fingerprint density at radius 3 is 2.41 bits per heavy atom.